The second kappa shape index (κ2) is 6.80. The molecule has 1 heterocycles. The van der Waals surface area contributed by atoms with Gasteiger partial charge in [0.05, 0.1) is 46.5 Å². The normalized spacial score (nSPS) is 12.3. The van der Waals surface area contributed by atoms with Crippen LogP contribution in [0, 0.1) is 0 Å². The number of rotatable bonds is 4. The highest BCUT2D eigenvalue weighted by molar-refractivity contribution is 14.1. The molecule has 0 aliphatic heterocycles. The third-order valence-electron chi connectivity index (χ3n) is 4.13. The van der Waals surface area contributed by atoms with Crippen molar-refractivity contribution >= 4 is 39.8 Å². The lowest BCUT2D eigenvalue weighted by Gasteiger charge is -2.21. The van der Waals surface area contributed by atoms with E-state index in [1.807, 2.05) is 78.3 Å². The Labute approximate surface area is 153 Å². The molecule has 0 saturated carbocycles. The van der Waals surface area contributed by atoms with Crippen molar-refractivity contribution in [3.8, 4) is 0 Å². The number of H-pyrrole nitrogens is 1. The number of hydrogen-bond donors (Lipinski definition) is 1. The smallest absolute Gasteiger partial charge is 0.306 e. The van der Waals surface area contributed by atoms with Crippen LogP contribution in [0.25, 0.3) is 11.0 Å². The van der Waals surface area contributed by atoms with Crippen LogP contribution >= 0.6 is 22.9 Å². The minimum Gasteiger partial charge on any atom is -0.306 e. The number of halogens is 1. The molecule has 0 spiro atoms. The van der Waals surface area contributed by atoms with E-state index < -0.39 is 0 Å². The lowest BCUT2D eigenvalue weighted by atomic mass is 10.1. The summed E-state index contributed by atoms with van der Waals surface area (Å²) < 4.78 is 3.41. The van der Waals surface area contributed by atoms with Gasteiger partial charge in [-0.1, -0.05) is 36.4 Å². The van der Waals surface area contributed by atoms with E-state index in [9.17, 15) is 9.59 Å². The number of imidazole rings is 1. The number of aromatic amines is 1. The molecule has 124 valence electrons. The Bertz CT molecular complexity index is 927. The molecule has 1 aromatic heterocycles. The summed E-state index contributed by atoms with van der Waals surface area (Å²) in [7, 11) is 0. The molecule has 0 saturated heterocycles. The first-order chi connectivity index (χ1) is 11.5. The third kappa shape index (κ3) is 3.24. The van der Waals surface area contributed by atoms with Gasteiger partial charge in [0, 0.05) is 6.92 Å². The van der Waals surface area contributed by atoms with Crippen LogP contribution in [0.4, 0.5) is 0 Å². The molecule has 0 aliphatic carbocycles. The highest BCUT2D eigenvalue weighted by Crippen LogP contribution is 2.24. The van der Waals surface area contributed by atoms with Crippen molar-refractivity contribution in [1.82, 2.24) is 12.7 Å². The molecule has 24 heavy (non-hydrogen) atoms. The fourth-order valence-corrected chi connectivity index (χ4v) is 3.07. The van der Waals surface area contributed by atoms with E-state index >= 15 is 0 Å². The summed E-state index contributed by atoms with van der Waals surface area (Å²) in [5.74, 6) is 0.0255. The molecule has 0 fully saturated rings. The zero-order valence-electron chi connectivity index (χ0n) is 13.5. The average molecular weight is 435 g/mol. The molecule has 1 amide bonds. The van der Waals surface area contributed by atoms with E-state index in [0.29, 0.717) is 6.54 Å². The van der Waals surface area contributed by atoms with Gasteiger partial charge in [-0.15, -0.1) is 0 Å². The quantitative estimate of drug-likeness (QED) is 0.503. The zero-order chi connectivity index (χ0) is 17.3. The highest BCUT2D eigenvalue weighted by Gasteiger charge is 2.15. The highest BCUT2D eigenvalue weighted by atomic mass is 127. The topological polar surface area (TPSA) is 58.1 Å². The van der Waals surface area contributed by atoms with Crippen LogP contribution < -0.4 is 5.69 Å². The van der Waals surface area contributed by atoms with Gasteiger partial charge in [0.2, 0.25) is 5.91 Å². The first-order valence-electron chi connectivity index (χ1n) is 7.69. The van der Waals surface area contributed by atoms with Gasteiger partial charge >= 0.3 is 5.69 Å². The second-order valence-corrected chi connectivity index (χ2v) is 6.82. The largest absolute Gasteiger partial charge is 0.326 e. The Kier molecular flexibility index (Phi) is 4.75. The standard InChI is InChI=1S/C18H18IN3O2/c1-12(22(19)13(2)23)15-9-7-14(8-10-15)11-21-17-6-4-3-5-16(17)20-18(21)24/h3-10,12H,11H2,1-2H3,(H,20,24)/t12-/m1/s1. The minimum atomic E-state index is -0.108. The van der Waals surface area contributed by atoms with Crippen LogP contribution in [0.1, 0.15) is 31.0 Å². The molecule has 1 atom stereocenters. The monoisotopic (exact) mass is 435 g/mol. The van der Waals surface area contributed by atoms with Crippen molar-refractivity contribution in [3.05, 3.63) is 70.1 Å². The van der Waals surface area contributed by atoms with E-state index in [-0.39, 0.29) is 17.6 Å². The Hall–Kier alpha value is -2.09. The van der Waals surface area contributed by atoms with Crippen molar-refractivity contribution in [1.29, 1.82) is 0 Å². The number of fused-ring (bicyclic) bond motifs is 1. The first-order valence-corrected chi connectivity index (χ1v) is 8.66. The summed E-state index contributed by atoms with van der Waals surface area (Å²) in [5, 5.41) is 0. The van der Waals surface area contributed by atoms with Crippen molar-refractivity contribution in [2.75, 3.05) is 0 Å². The fourth-order valence-electron chi connectivity index (χ4n) is 2.75. The van der Waals surface area contributed by atoms with E-state index in [1.165, 1.54) is 0 Å². The number of carbonyl (C=O) groups is 1. The molecule has 3 aromatic rings. The van der Waals surface area contributed by atoms with Gasteiger partial charge in [0.15, 0.2) is 0 Å². The Morgan fingerprint density at radius 2 is 1.88 bits per heavy atom. The summed E-state index contributed by atoms with van der Waals surface area (Å²) >= 11 is 2.04. The molecular formula is C18H18IN3O2. The zero-order valence-corrected chi connectivity index (χ0v) is 15.6. The third-order valence-corrected chi connectivity index (χ3v) is 5.64. The number of nitrogens with zero attached hydrogens (tertiary/aromatic N) is 2. The van der Waals surface area contributed by atoms with Gasteiger partial charge in [-0.25, -0.2) is 4.79 Å². The van der Waals surface area contributed by atoms with Crippen LogP contribution in [0.5, 0.6) is 0 Å². The predicted molar refractivity (Wildman–Crippen MR) is 103 cm³/mol. The summed E-state index contributed by atoms with van der Waals surface area (Å²) in [6, 6.07) is 15.7. The average Bonchev–Trinajstić information content (AvgIpc) is 2.90. The van der Waals surface area contributed by atoms with Crippen LogP contribution in [-0.4, -0.2) is 18.6 Å². The molecule has 3 rings (SSSR count). The molecule has 5 nitrogen and oxygen atoms in total. The lowest BCUT2D eigenvalue weighted by molar-refractivity contribution is -0.124. The van der Waals surface area contributed by atoms with Gasteiger partial charge < -0.3 is 4.98 Å². The first kappa shape index (κ1) is 16.8. The molecular weight excluding hydrogens is 417 g/mol. The molecule has 2 aromatic carbocycles. The van der Waals surface area contributed by atoms with Crippen LogP contribution in [-0.2, 0) is 11.3 Å². The summed E-state index contributed by atoms with van der Waals surface area (Å²) in [6.45, 7) is 4.06. The lowest BCUT2D eigenvalue weighted by Crippen LogP contribution is -2.21. The van der Waals surface area contributed by atoms with Gasteiger partial charge in [-0.3, -0.25) is 12.5 Å². The maximum absolute atomic E-state index is 12.1. The van der Waals surface area contributed by atoms with Crippen LogP contribution in [0.3, 0.4) is 0 Å². The maximum Gasteiger partial charge on any atom is 0.326 e. The number of benzene rings is 2. The molecule has 0 aliphatic rings. The molecule has 6 heteroatoms. The van der Waals surface area contributed by atoms with E-state index in [0.717, 1.165) is 22.2 Å². The fraction of sp³-hybridized carbons (Fsp3) is 0.222. The number of carbonyl (C=O) groups excluding carboxylic acids is 1. The summed E-state index contributed by atoms with van der Waals surface area (Å²) in [6.07, 6.45) is 0. The van der Waals surface area contributed by atoms with Crippen molar-refractivity contribution in [2.45, 2.75) is 26.4 Å². The number of hydrogen-bond acceptors (Lipinski definition) is 2. The maximum atomic E-state index is 12.1. The Balaban J connectivity index is 1.85. The van der Waals surface area contributed by atoms with Gasteiger partial charge in [-0.2, -0.15) is 0 Å². The molecule has 0 bridgehead atoms. The Morgan fingerprint density at radius 3 is 2.54 bits per heavy atom. The van der Waals surface area contributed by atoms with Gasteiger partial charge in [0.25, 0.3) is 0 Å². The molecule has 0 radical (unpaired) electrons. The number of para-hydroxylation sites is 2. The van der Waals surface area contributed by atoms with Crippen molar-refractivity contribution in [2.24, 2.45) is 0 Å². The molecule has 1 N–H and O–H groups in total. The van der Waals surface area contributed by atoms with Gasteiger partial charge in [-0.05, 0) is 30.2 Å². The van der Waals surface area contributed by atoms with E-state index in [4.69, 9.17) is 0 Å². The van der Waals surface area contributed by atoms with Gasteiger partial charge in [0.1, 0.15) is 0 Å². The molecule has 0 unspecified atom stereocenters. The van der Waals surface area contributed by atoms with Crippen LogP contribution in [0.2, 0.25) is 0 Å². The minimum absolute atomic E-state index is 0.00737. The predicted octanol–water partition coefficient (Wildman–Crippen LogP) is 3.64. The van der Waals surface area contributed by atoms with E-state index in [1.54, 1.807) is 14.6 Å². The summed E-state index contributed by atoms with van der Waals surface area (Å²) in [5.41, 5.74) is 3.74. The van der Waals surface area contributed by atoms with Crippen molar-refractivity contribution in [3.63, 3.8) is 0 Å². The summed E-state index contributed by atoms with van der Waals surface area (Å²) in [4.78, 5) is 26.5. The second-order valence-electron chi connectivity index (χ2n) is 5.78. The number of aromatic nitrogens is 2. The van der Waals surface area contributed by atoms with Crippen LogP contribution in [0.15, 0.2) is 53.3 Å². The van der Waals surface area contributed by atoms with E-state index in [2.05, 4.69) is 4.98 Å². The van der Waals surface area contributed by atoms with Crippen molar-refractivity contribution < 1.29 is 4.79 Å². The Morgan fingerprint density at radius 1 is 1.21 bits per heavy atom. The number of nitrogens with one attached hydrogen (secondary N) is 1. The SMILES string of the molecule is CC(=O)N(I)[C@H](C)c1ccc(Cn2c(=O)[nH]c3ccccc32)cc1. The number of amides is 1.